The second kappa shape index (κ2) is 5.16. The molecule has 0 aliphatic heterocycles. The molecule has 0 fully saturated rings. The first-order chi connectivity index (χ1) is 8.90. The summed E-state index contributed by atoms with van der Waals surface area (Å²) in [6.07, 6.45) is 0. The first-order valence-electron chi connectivity index (χ1n) is 6.98. The van der Waals surface area contributed by atoms with Crippen LogP contribution in [-0.4, -0.2) is 5.78 Å². The summed E-state index contributed by atoms with van der Waals surface area (Å²) in [7, 11) is 0. The van der Waals surface area contributed by atoms with Gasteiger partial charge in [-0.05, 0) is 46.7 Å². The minimum atomic E-state index is 0.129. The molecule has 0 aliphatic carbocycles. The molecule has 0 unspecified atom stereocenters. The van der Waals surface area contributed by atoms with E-state index < -0.39 is 0 Å². The fraction of sp³-hybridized carbons (Fsp3) is 0.389. The number of rotatable bonds is 3. The fourth-order valence-electron chi connectivity index (χ4n) is 2.44. The minimum absolute atomic E-state index is 0.129. The van der Waals surface area contributed by atoms with Gasteiger partial charge < -0.3 is 0 Å². The molecule has 1 heteroatoms. The summed E-state index contributed by atoms with van der Waals surface area (Å²) in [5.41, 5.74) is 3.50. The third-order valence-electron chi connectivity index (χ3n) is 3.70. The maximum atomic E-state index is 11.5. The fourth-order valence-corrected chi connectivity index (χ4v) is 2.44. The van der Waals surface area contributed by atoms with Crippen molar-refractivity contribution >= 4 is 16.6 Å². The number of ketones is 1. The highest BCUT2D eigenvalue weighted by atomic mass is 16.1. The third-order valence-corrected chi connectivity index (χ3v) is 3.70. The molecule has 0 aromatic heterocycles. The highest BCUT2D eigenvalue weighted by molar-refractivity contribution is 5.99. The maximum Gasteiger partial charge on any atom is 0.159 e. The Morgan fingerprint density at radius 2 is 1.63 bits per heavy atom. The lowest BCUT2D eigenvalue weighted by Crippen LogP contribution is -1.98. The molecule has 2 aromatic carbocycles. The van der Waals surface area contributed by atoms with Gasteiger partial charge in [-0.1, -0.05) is 52.0 Å². The van der Waals surface area contributed by atoms with Crippen LogP contribution < -0.4 is 0 Å². The van der Waals surface area contributed by atoms with Crippen molar-refractivity contribution in [3.8, 4) is 0 Å². The van der Waals surface area contributed by atoms with Gasteiger partial charge in [0.25, 0.3) is 0 Å². The number of fused-ring (bicyclic) bond motifs is 1. The minimum Gasteiger partial charge on any atom is -0.295 e. The average molecular weight is 254 g/mol. The van der Waals surface area contributed by atoms with Crippen LogP contribution in [0.3, 0.4) is 0 Å². The summed E-state index contributed by atoms with van der Waals surface area (Å²) in [5.74, 6) is 1.11. The molecule has 0 saturated heterocycles. The van der Waals surface area contributed by atoms with Crippen LogP contribution in [0.25, 0.3) is 10.8 Å². The lowest BCUT2D eigenvalue weighted by molar-refractivity contribution is 0.101. The lowest BCUT2D eigenvalue weighted by atomic mass is 9.89. The summed E-state index contributed by atoms with van der Waals surface area (Å²) >= 11 is 0. The standard InChI is InChI=1S/C18H22O/c1-11(2)16-8-15-7-6-14(13(5)19)9-18(15)17(10-16)12(3)4/h6-12H,1-5H3. The SMILES string of the molecule is CC(=O)c1ccc2cc(C(C)C)cc(C(C)C)c2c1. The first-order valence-corrected chi connectivity index (χ1v) is 6.98. The Balaban J connectivity index is 2.76. The number of carbonyl (C=O) groups excluding carboxylic acids is 1. The quantitative estimate of drug-likeness (QED) is 0.680. The van der Waals surface area contributed by atoms with Crippen LogP contribution in [0.5, 0.6) is 0 Å². The molecule has 0 aliphatic rings. The van der Waals surface area contributed by atoms with E-state index in [1.54, 1.807) is 6.92 Å². The zero-order valence-electron chi connectivity index (χ0n) is 12.4. The van der Waals surface area contributed by atoms with Crippen molar-refractivity contribution in [1.29, 1.82) is 0 Å². The lowest BCUT2D eigenvalue weighted by Gasteiger charge is -2.15. The van der Waals surface area contributed by atoms with Crippen molar-refractivity contribution in [2.45, 2.75) is 46.5 Å². The number of carbonyl (C=O) groups is 1. The molecule has 0 N–H and O–H groups in total. The van der Waals surface area contributed by atoms with Gasteiger partial charge >= 0.3 is 0 Å². The zero-order valence-corrected chi connectivity index (χ0v) is 12.4. The summed E-state index contributed by atoms with van der Waals surface area (Å²) in [6.45, 7) is 10.5. The van der Waals surface area contributed by atoms with Gasteiger partial charge in [0.05, 0.1) is 0 Å². The van der Waals surface area contributed by atoms with Gasteiger partial charge in [-0.2, -0.15) is 0 Å². The van der Waals surface area contributed by atoms with E-state index in [0.717, 1.165) is 5.56 Å². The van der Waals surface area contributed by atoms with E-state index in [0.29, 0.717) is 11.8 Å². The molecule has 0 amide bonds. The summed E-state index contributed by atoms with van der Waals surface area (Å²) in [4.78, 5) is 11.5. The van der Waals surface area contributed by atoms with E-state index in [4.69, 9.17) is 0 Å². The van der Waals surface area contributed by atoms with Crippen LogP contribution in [-0.2, 0) is 0 Å². The predicted molar refractivity (Wildman–Crippen MR) is 82.1 cm³/mol. The average Bonchev–Trinajstić information content (AvgIpc) is 2.36. The second-order valence-electron chi connectivity index (χ2n) is 5.91. The van der Waals surface area contributed by atoms with Gasteiger partial charge in [0.2, 0.25) is 0 Å². The molecular weight excluding hydrogens is 232 g/mol. The molecule has 0 bridgehead atoms. The van der Waals surface area contributed by atoms with Crippen LogP contribution in [0.4, 0.5) is 0 Å². The smallest absolute Gasteiger partial charge is 0.159 e. The van der Waals surface area contributed by atoms with Gasteiger partial charge in [0, 0.05) is 5.56 Å². The highest BCUT2D eigenvalue weighted by Gasteiger charge is 2.11. The van der Waals surface area contributed by atoms with E-state index in [1.807, 2.05) is 12.1 Å². The normalized spacial score (nSPS) is 11.5. The second-order valence-corrected chi connectivity index (χ2v) is 5.91. The van der Waals surface area contributed by atoms with Crippen LogP contribution in [0.15, 0.2) is 30.3 Å². The largest absolute Gasteiger partial charge is 0.295 e. The van der Waals surface area contributed by atoms with Gasteiger partial charge in [0.1, 0.15) is 0 Å². The van der Waals surface area contributed by atoms with Crippen molar-refractivity contribution in [3.05, 3.63) is 47.0 Å². The van der Waals surface area contributed by atoms with E-state index in [9.17, 15) is 4.79 Å². The molecule has 1 nitrogen and oxygen atoms in total. The highest BCUT2D eigenvalue weighted by Crippen LogP contribution is 2.30. The van der Waals surface area contributed by atoms with E-state index in [-0.39, 0.29) is 5.78 Å². The first kappa shape index (κ1) is 13.8. The van der Waals surface area contributed by atoms with Crippen molar-refractivity contribution < 1.29 is 4.79 Å². The molecule has 0 radical (unpaired) electrons. The summed E-state index contributed by atoms with van der Waals surface area (Å²) in [6, 6.07) is 10.6. The Labute approximate surface area is 115 Å². The molecule has 0 spiro atoms. The molecule has 2 aromatic rings. The maximum absolute atomic E-state index is 11.5. The Morgan fingerprint density at radius 1 is 0.947 bits per heavy atom. The Kier molecular flexibility index (Phi) is 3.75. The molecule has 0 heterocycles. The van der Waals surface area contributed by atoms with Gasteiger partial charge in [-0.25, -0.2) is 0 Å². The topological polar surface area (TPSA) is 17.1 Å². The Morgan fingerprint density at radius 3 is 2.16 bits per heavy atom. The van der Waals surface area contributed by atoms with Crippen LogP contribution in [0.1, 0.15) is 67.9 Å². The number of Topliss-reactive ketones (excluding diaryl/α,β-unsaturated/α-hetero) is 1. The summed E-state index contributed by atoms with van der Waals surface area (Å²) in [5, 5.41) is 2.45. The molecule has 2 rings (SSSR count). The van der Waals surface area contributed by atoms with Crippen molar-refractivity contribution in [2.24, 2.45) is 0 Å². The van der Waals surface area contributed by atoms with E-state index >= 15 is 0 Å². The van der Waals surface area contributed by atoms with Gasteiger partial charge in [0.15, 0.2) is 5.78 Å². The number of hydrogen-bond acceptors (Lipinski definition) is 1. The molecule has 100 valence electrons. The van der Waals surface area contributed by atoms with Crippen LogP contribution in [0, 0.1) is 0 Å². The van der Waals surface area contributed by atoms with Crippen LogP contribution >= 0.6 is 0 Å². The molecular formula is C18H22O. The Bertz CT molecular complexity index is 621. The molecule has 0 saturated carbocycles. The predicted octanol–water partition coefficient (Wildman–Crippen LogP) is 5.29. The summed E-state index contributed by atoms with van der Waals surface area (Å²) < 4.78 is 0. The zero-order chi connectivity index (χ0) is 14.2. The van der Waals surface area contributed by atoms with Gasteiger partial charge in [-0.15, -0.1) is 0 Å². The Hall–Kier alpha value is -1.63. The van der Waals surface area contributed by atoms with E-state index in [2.05, 4.69) is 45.9 Å². The van der Waals surface area contributed by atoms with Crippen molar-refractivity contribution in [1.82, 2.24) is 0 Å². The monoisotopic (exact) mass is 254 g/mol. The van der Waals surface area contributed by atoms with Crippen molar-refractivity contribution in [2.75, 3.05) is 0 Å². The van der Waals surface area contributed by atoms with Crippen molar-refractivity contribution in [3.63, 3.8) is 0 Å². The number of benzene rings is 2. The number of hydrogen-bond donors (Lipinski definition) is 0. The van der Waals surface area contributed by atoms with Crippen LogP contribution in [0.2, 0.25) is 0 Å². The molecule has 19 heavy (non-hydrogen) atoms. The van der Waals surface area contributed by atoms with Gasteiger partial charge in [-0.3, -0.25) is 4.79 Å². The molecule has 0 atom stereocenters. The third kappa shape index (κ3) is 2.70. The van der Waals surface area contributed by atoms with E-state index in [1.165, 1.54) is 21.9 Å².